The molecule has 0 unspecified atom stereocenters. The number of carbonyl (C=O) groups is 1. The molecule has 1 amide bonds. The Kier molecular flexibility index (Phi) is 8.08. The second-order valence-electron chi connectivity index (χ2n) is 7.05. The van der Waals surface area contributed by atoms with Crippen LogP contribution in [0.1, 0.15) is 18.1 Å². The zero-order chi connectivity index (χ0) is 23.8. The highest BCUT2D eigenvalue weighted by Crippen LogP contribution is 2.29. The molecule has 0 saturated heterocycles. The van der Waals surface area contributed by atoms with Crippen LogP contribution in [0.15, 0.2) is 82.8 Å². The molecule has 0 spiro atoms. The summed E-state index contributed by atoms with van der Waals surface area (Å²) in [5.74, 6) is 0.133. The van der Waals surface area contributed by atoms with Crippen molar-refractivity contribution >= 4 is 39.4 Å². The average Bonchev–Trinajstić information content (AvgIpc) is 2.81. The van der Waals surface area contributed by atoms with Gasteiger partial charge in [0.1, 0.15) is 12.3 Å². The van der Waals surface area contributed by atoms with Crippen molar-refractivity contribution < 1.29 is 17.9 Å². The number of nitrogens with one attached hydrogen (secondary N) is 1. The maximum absolute atomic E-state index is 13.4. The number of amides is 1. The number of sulfonamides is 1. The molecular formula is C24H24ClN3O4S. The molecule has 0 saturated carbocycles. The van der Waals surface area contributed by atoms with Crippen LogP contribution in [0, 0.1) is 6.92 Å². The Hall–Kier alpha value is -3.36. The summed E-state index contributed by atoms with van der Waals surface area (Å²) in [7, 11) is -4.03. The molecule has 0 radical (unpaired) electrons. The number of rotatable bonds is 9. The third-order valence-corrected chi connectivity index (χ3v) is 6.66. The van der Waals surface area contributed by atoms with Gasteiger partial charge in [-0.1, -0.05) is 35.9 Å². The van der Waals surface area contributed by atoms with Crippen molar-refractivity contribution in [3.8, 4) is 5.75 Å². The smallest absolute Gasteiger partial charge is 0.264 e. The van der Waals surface area contributed by atoms with E-state index in [9.17, 15) is 13.2 Å². The standard InChI is InChI=1S/C24H24ClN3O4S/c1-3-32-21-13-10-19(11-14-21)16-26-27-24(29)17-28(23-15-20(25)12-9-18(23)2)33(30,31)22-7-5-4-6-8-22/h4-16H,3,17H2,1-2H3,(H,27,29)/b26-16-. The molecule has 0 bridgehead atoms. The number of hydrogen-bond acceptors (Lipinski definition) is 5. The fraction of sp³-hybridized carbons (Fsp3) is 0.167. The van der Waals surface area contributed by atoms with E-state index in [-0.39, 0.29) is 4.90 Å². The van der Waals surface area contributed by atoms with Gasteiger partial charge in [-0.2, -0.15) is 5.10 Å². The van der Waals surface area contributed by atoms with E-state index in [1.165, 1.54) is 24.4 Å². The Balaban J connectivity index is 1.81. The Morgan fingerprint density at radius 2 is 1.79 bits per heavy atom. The summed E-state index contributed by atoms with van der Waals surface area (Å²) in [4.78, 5) is 12.7. The van der Waals surface area contributed by atoms with Gasteiger partial charge in [0.25, 0.3) is 15.9 Å². The molecule has 0 aliphatic heterocycles. The lowest BCUT2D eigenvalue weighted by Crippen LogP contribution is -2.40. The third-order valence-electron chi connectivity index (χ3n) is 4.65. The molecule has 0 atom stereocenters. The number of hydrogen-bond donors (Lipinski definition) is 1. The van der Waals surface area contributed by atoms with E-state index >= 15 is 0 Å². The van der Waals surface area contributed by atoms with E-state index in [4.69, 9.17) is 16.3 Å². The number of hydrazone groups is 1. The van der Waals surface area contributed by atoms with Gasteiger partial charge in [0, 0.05) is 5.02 Å². The molecule has 0 aromatic heterocycles. The first-order chi connectivity index (χ1) is 15.8. The summed E-state index contributed by atoms with van der Waals surface area (Å²) in [5, 5.41) is 4.30. The molecule has 0 heterocycles. The second-order valence-corrected chi connectivity index (χ2v) is 9.35. The highest BCUT2D eigenvalue weighted by molar-refractivity contribution is 7.92. The first-order valence-corrected chi connectivity index (χ1v) is 12.0. The minimum absolute atomic E-state index is 0.0649. The topological polar surface area (TPSA) is 88.1 Å². The van der Waals surface area contributed by atoms with Crippen LogP contribution in [0.25, 0.3) is 0 Å². The molecule has 9 heteroatoms. The summed E-state index contributed by atoms with van der Waals surface area (Å²) in [6.45, 7) is 3.75. The van der Waals surface area contributed by atoms with E-state index in [1.807, 2.05) is 6.92 Å². The van der Waals surface area contributed by atoms with Gasteiger partial charge < -0.3 is 4.74 Å². The second kappa shape index (κ2) is 11.0. The van der Waals surface area contributed by atoms with Crippen molar-refractivity contribution in [2.45, 2.75) is 18.7 Å². The highest BCUT2D eigenvalue weighted by atomic mass is 35.5. The first kappa shape index (κ1) is 24.3. The Bertz CT molecular complexity index is 1230. The van der Waals surface area contributed by atoms with Crippen molar-refractivity contribution in [3.05, 3.63) is 88.9 Å². The van der Waals surface area contributed by atoms with Crippen LogP contribution < -0.4 is 14.5 Å². The molecule has 33 heavy (non-hydrogen) atoms. The predicted molar refractivity (Wildman–Crippen MR) is 131 cm³/mol. The van der Waals surface area contributed by atoms with Gasteiger partial charge >= 0.3 is 0 Å². The van der Waals surface area contributed by atoms with Gasteiger partial charge in [-0.05, 0) is 73.5 Å². The Morgan fingerprint density at radius 3 is 2.45 bits per heavy atom. The molecule has 3 aromatic rings. The molecule has 0 fully saturated rings. The largest absolute Gasteiger partial charge is 0.494 e. The van der Waals surface area contributed by atoms with Crippen LogP contribution in [-0.4, -0.2) is 33.7 Å². The summed E-state index contributed by atoms with van der Waals surface area (Å²) in [5.41, 5.74) is 4.11. The number of halogens is 1. The quantitative estimate of drug-likeness (QED) is 0.359. The number of benzene rings is 3. The maximum Gasteiger partial charge on any atom is 0.264 e. The lowest BCUT2D eigenvalue weighted by atomic mass is 10.2. The molecule has 0 aliphatic carbocycles. The van der Waals surface area contributed by atoms with Crippen LogP contribution in [0.5, 0.6) is 5.75 Å². The molecule has 0 aliphatic rings. The Morgan fingerprint density at radius 1 is 1.09 bits per heavy atom. The van der Waals surface area contributed by atoms with Gasteiger partial charge in [0.15, 0.2) is 0 Å². The van der Waals surface area contributed by atoms with Gasteiger partial charge in [0.2, 0.25) is 0 Å². The van der Waals surface area contributed by atoms with Gasteiger partial charge in [-0.25, -0.2) is 13.8 Å². The van der Waals surface area contributed by atoms with Crippen LogP contribution in [0.4, 0.5) is 5.69 Å². The van der Waals surface area contributed by atoms with Crippen molar-refractivity contribution in [2.24, 2.45) is 5.10 Å². The zero-order valence-electron chi connectivity index (χ0n) is 18.2. The third kappa shape index (κ3) is 6.34. The fourth-order valence-electron chi connectivity index (χ4n) is 3.03. The van der Waals surface area contributed by atoms with Crippen LogP contribution in [0.3, 0.4) is 0 Å². The molecule has 1 N–H and O–H groups in total. The maximum atomic E-state index is 13.4. The molecule has 172 valence electrons. The predicted octanol–water partition coefficient (Wildman–Crippen LogP) is 4.39. The van der Waals surface area contributed by atoms with Gasteiger partial charge in [0.05, 0.1) is 23.4 Å². The number of aryl methyl sites for hydroxylation is 1. The summed E-state index contributed by atoms with van der Waals surface area (Å²) >= 11 is 6.12. The van der Waals surface area contributed by atoms with E-state index in [1.54, 1.807) is 61.5 Å². The lowest BCUT2D eigenvalue weighted by molar-refractivity contribution is -0.119. The van der Waals surface area contributed by atoms with Crippen molar-refractivity contribution in [3.63, 3.8) is 0 Å². The Labute approximate surface area is 198 Å². The van der Waals surface area contributed by atoms with E-state index < -0.39 is 22.5 Å². The van der Waals surface area contributed by atoms with Crippen molar-refractivity contribution in [1.29, 1.82) is 0 Å². The van der Waals surface area contributed by atoms with Crippen molar-refractivity contribution in [2.75, 3.05) is 17.5 Å². The lowest BCUT2D eigenvalue weighted by Gasteiger charge is -2.25. The molecule has 3 rings (SSSR count). The minimum Gasteiger partial charge on any atom is -0.494 e. The van der Waals surface area contributed by atoms with Gasteiger partial charge in [-0.3, -0.25) is 9.10 Å². The number of ether oxygens (including phenoxy) is 1. The first-order valence-electron chi connectivity index (χ1n) is 10.2. The van der Waals surface area contributed by atoms with E-state index in [2.05, 4.69) is 10.5 Å². The molecular weight excluding hydrogens is 462 g/mol. The summed E-state index contributed by atoms with van der Waals surface area (Å²) in [6.07, 6.45) is 1.47. The normalized spacial score (nSPS) is 11.4. The average molecular weight is 486 g/mol. The summed E-state index contributed by atoms with van der Waals surface area (Å²) in [6, 6.07) is 20.0. The fourth-order valence-corrected chi connectivity index (χ4v) is 4.70. The van der Waals surface area contributed by atoms with Gasteiger partial charge in [-0.15, -0.1) is 0 Å². The molecule has 7 nitrogen and oxygen atoms in total. The zero-order valence-corrected chi connectivity index (χ0v) is 19.8. The van der Waals surface area contributed by atoms with Crippen LogP contribution in [0.2, 0.25) is 5.02 Å². The SMILES string of the molecule is CCOc1ccc(/C=N\NC(=O)CN(c2cc(Cl)ccc2C)S(=O)(=O)c2ccccc2)cc1. The number of anilines is 1. The van der Waals surface area contributed by atoms with E-state index in [0.717, 1.165) is 15.6 Å². The monoisotopic (exact) mass is 485 g/mol. The number of nitrogens with zero attached hydrogens (tertiary/aromatic N) is 2. The van der Waals surface area contributed by atoms with Crippen molar-refractivity contribution in [1.82, 2.24) is 5.43 Å². The number of carbonyl (C=O) groups excluding carboxylic acids is 1. The highest BCUT2D eigenvalue weighted by Gasteiger charge is 2.28. The van der Waals surface area contributed by atoms with Crippen LogP contribution >= 0.6 is 11.6 Å². The minimum atomic E-state index is -4.03. The molecule has 3 aromatic carbocycles. The van der Waals surface area contributed by atoms with Crippen LogP contribution in [-0.2, 0) is 14.8 Å². The van der Waals surface area contributed by atoms with E-state index in [0.29, 0.717) is 22.9 Å². The summed E-state index contributed by atoms with van der Waals surface area (Å²) < 4.78 is 33.2.